The normalized spacial score (nSPS) is 22.8. The minimum atomic E-state index is -2.93. The third kappa shape index (κ3) is 1.50. The molecular weight excluding hydrogens is 262 g/mol. The molecule has 1 atom stereocenters. The van der Waals surface area contributed by atoms with E-state index in [1.54, 1.807) is 36.6 Å². The zero-order valence-corrected chi connectivity index (χ0v) is 11.3. The first-order chi connectivity index (χ1) is 9.41. The Kier molecular flexibility index (Phi) is 2.73. The van der Waals surface area contributed by atoms with Crippen LogP contribution in [0.3, 0.4) is 0 Å². The standard InChI is InChI=1S/C15H16F2N2O/c1-14(2)13(19-9-18-7-10(19)8-20)11-5-3-4-6-12(11)15(14,16)17/h3-7,9,13,20H,8H2,1-2H3/t13-/m0/s1. The number of aliphatic hydroxyl groups excluding tert-OH is 1. The first-order valence-corrected chi connectivity index (χ1v) is 6.50. The highest BCUT2D eigenvalue weighted by molar-refractivity contribution is 5.43. The third-order valence-electron chi connectivity index (χ3n) is 4.27. The summed E-state index contributed by atoms with van der Waals surface area (Å²) in [5.41, 5.74) is -0.0974. The molecule has 5 heteroatoms. The Bertz CT molecular complexity index is 649. The topological polar surface area (TPSA) is 38.0 Å². The van der Waals surface area contributed by atoms with Gasteiger partial charge in [0.2, 0.25) is 0 Å². The number of imidazole rings is 1. The molecule has 2 aromatic rings. The van der Waals surface area contributed by atoms with E-state index in [9.17, 15) is 13.9 Å². The van der Waals surface area contributed by atoms with Crippen molar-refractivity contribution in [1.82, 2.24) is 9.55 Å². The highest BCUT2D eigenvalue weighted by Gasteiger charge is 2.60. The average Bonchev–Trinajstić information content (AvgIpc) is 2.91. The van der Waals surface area contributed by atoms with E-state index in [0.717, 1.165) is 0 Å². The molecule has 1 aromatic heterocycles. The first kappa shape index (κ1) is 13.2. The van der Waals surface area contributed by atoms with Crippen molar-refractivity contribution in [2.75, 3.05) is 0 Å². The lowest BCUT2D eigenvalue weighted by Gasteiger charge is -2.34. The molecule has 0 aliphatic heterocycles. The number of fused-ring (bicyclic) bond motifs is 1. The maximum atomic E-state index is 14.7. The van der Waals surface area contributed by atoms with Gasteiger partial charge in [-0.15, -0.1) is 0 Å². The predicted molar refractivity (Wildman–Crippen MR) is 70.4 cm³/mol. The summed E-state index contributed by atoms with van der Waals surface area (Å²) in [6, 6.07) is 6.06. The summed E-state index contributed by atoms with van der Waals surface area (Å²) in [6.45, 7) is 2.89. The maximum absolute atomic E-state index is 14.7. The van der Waals surface area contributed by atoms with Crippen molar-refractivity contribution in [3.05, 3.63) is 53.6 Å². The molecule has 106 valence electrons. The molecule has 0 bridgehead atoms. The van der Waals surface area contributed by atoms with E-state index in [1.807, 2.05) is 0 Å². The number of rotatable bonds is 2. The molecule has 0 unspecified atom stereocenters. The van der Waals surface area contributed by atoms with Crippen LogP contribution in [-0.2, 0) is 12.5 Å². The van der Waals surface area contributed by atoms with Gasteiger partial charge in [0.1, 0.15) is 0 Å². The number of aliphatic hydroxyl groups is 1. The molecule has 0 amide bonds. The molecular formula is C15H16F2N2O. The number of alkyl halides is 2. The SMILES string of the molecule is CC1(C)[C@@H](n2cncc2CO)c2ccccc2C1(F)F. The van der Waals surface area contributed by atoms with E-state index >= 15 is 0 Å². The number of hydrogen-bond donors (Lipinski definition) is 1. The highest BCUT2D eigenvalue weighted by Crippen LogP contribution is 2.60. The van der Waals surface area contributed by atoms with Crippen molar-refractivity contribution in [1.29, 1.82) is 0 Å². The molecule has 0 radical (unpaired) electrons. The molecule has 0 spiro atoms. The quantitative estimate of drug-likeness (QED) is 0.916. The van der Waals surface area contributed by atoms with Crippen LogP contribution in [0.1, 0.15) is 36.7 Å². The van der Waals surface area contributed by atoms with Gasteiger partial charge in [-0.1, -0.05) is 38.1 Å². The van der Waals surface area contributed by atoms with Gasteiger partial charge >= 0.3 is 0 Å². The zero-order valence-electron chi connectivity index (χ0n) is 11.3. The van der Waals surface area contributed by atoms with Crippen LogP contribution in [0.5, 0.6) is 0 Å². The average molecular weight is 278 g/mol. The lowest BCUT2D eigenvalue weighted by molar-refractivity contribution is -0.113. The molecule has 0 fully saturated rings. The Hall–Kier alpha value is -1.75. The fraction of sp³-hybridized carbons (Fsp3) is 0.400. The molecule has 1 aromatic carbocycles. The molecule has 1 aliphatic carbocycles. The summed E-state index contributed by atoms with van der Waals surface area (Å²) in [5.74, 6) is -2.93. The van der Waals surface area contributed by atoms with E-state index < -0.39 is 17.4 Å². The van der Waals surface area contributed by atoms with Crippen LogP contribution in [0.4, 0.5) is 8.78 Å². The van der Waals surface area contributed by atoms with E-state index in [1.165, 1.54) is 18.6 Å². The largest absolute Gasteiger partial charge is 0.390 e. The van der Waals surface area contributed by atoms with E-state index in [4.69, 9.17) is 0 Å². The minimum Gasteiger partial charge on any atom is -0.390 e. The van der Waals surface area contributed by atoms with Crippen molar-refractivity contribution >= 4 is 0 Å². The van der Waals surface area contributed by atoms with Crippen molar-refractivity contribution < 1.29 is 13.9 Å². The fourth-order valence-corrected chi connectivity index (χ4v) is 3.11. The Morgan fingerprint density at radius 2 is 2.00 bits per heavy atom. The number of hydrogen-bond acceptors (Lipinski definition) is 2. The Balaban J connectivity index is 2.26. The fourth-order valence-electron chi connectivity index (χ4n) is 3.11. The molecule has 0 saturated heterocycles. The van der Waals surface area contributed by atoms with Crippen LogP contribution < -0.4 is 0 Å². The van der Waals surface area contributed by atoms with Gasteiger partial charge in [0.15, 0.2) is 0 Å². The van der Waals surface area contributed by atoms with E-state index in [2.05, 4.69) is 4.98 Å². The molecule has 3 nitrogen and oxygen atoms in total. The monoisotopic (exact) mass is 278 g/mol. The van der Waals surface area contributed by atoms with Crippen LogP contribution in [0.15, 0.2) is 36.8 Å². The molecule has 20 heavy (non-hydrogen) atoms. The van der Waals surface area contributed by atoms with Crippen molar-refractivity contribution in [3.63, 3.8) is 0 Å². The smallest absolute Gasteiger partial charge is 0.280 e. The van der Waals surface area contributed by atoms with Crippen molar-refractivity contribution in [2.45, 2.75) is 32.4 Å². The van der Waals surface area contributed by atoms with Crippen LogP contribution in [-0.4, -0.2) is 14.7 Å². The summed E-state index contributed by atoms with van der Waals surface area (Å²) in [4.78, 5) is 3.98. The van der Waals surface area contributed by atoms with Crippen molar-refractivity contribution in [2.24, 2.45) is 5.41 Å². The Morgan fingerprint density at radius 3 is 2.70 bits per heavy atom. The van der Waals surface area contributed by atoms with Crippen molar-refractivity contribution in [3.8, 4) is 0 Å². The summed E-state index contributed by atoms with van der Waals surface area (Å²) in [5, 5.41) is 9.37. The molecule has 1 heterocycles. The zero-order chi connectivity index (χ0) is 14.5. The van der Waals surface area contributed by atoms with Gasteiger partial charge in [-0.25, -0.2) is 13.8 Å². The third-order valence-corrected chi connectivity index (χ3v) is 4.27. The van der Waals surface area contributed by atoms with Gasteiger partial charge < -0.3 is 9.67 Å². The number of benzene rings is 1. The van der Waals surface area contributed by atoms with Gasteiger partial charge in [-0.2, -0.15) is 0 Å². The molecule has 1 aliphatic rings. The molecule has 3 rings (SSSR count). The maximum Gasteiger partial charge on any atom is 0.280 e. The van der Waals surface area contributed by atoms with Crippen LogP contribution in [0.25, 0.3) is 0 Å². The summed E-state index contributed by atoms with van der Waals surface area (Å²) < 4.78 is 31.0. The molecule has 0 saturated carbocycles. The van der Waals surface area contributed by atoms with Gasteiger partial charge in [0.25, 0.3) is 5.92 Å². The second-order valence-corrected chi connectivity index (χ2v) is 5.74. The first-order valence-electron chi connectivity index (χ1n) is 6.50. The van der Waals surface area contributed by atoms with Crippen LogP contribution in [0, 0.1) is 5.41 Å². The summed E-state index contributed by atoms with van der Waals surface area (Å²) in [6.07, 6.45) is 3.02. The lowest BCUT2D eigenvalue weighted by atomic mass is 9.82. The van der Waals surface area contributed by atoms with Gasteiger partial charge in [-0.3, -0.25) is 0 Å². The number of aromatic nitrogens is 2. The van der Waals surface area contributed by atoms with Crippen LogP contribution in [0.2, 0.25) is 0 Å². The molecule has 1 N–H and O–H groups in total. The minimum absolute atomic E-state index is 0.0626. The lowest BCUT2D eigenvalue weighted by Crippen LogP contribution is -2.35. The van der Waals surface area contributed by atoms with Gasteiger partial charge in [0.05, 0.1) is 36.3 Å². The Labute approximate surface area is 115 Å². The predicted octanol–water partition coefficient (Wildman–Crippen LogP) is 3.10. The van der Waals surface area contributed by atoms with E-state index in [0.29, 0.717) is 11.3 Å². The second kappa shape index (κ2) is 4.12. The van der Waals surface area contributed by atoms with E-state index in [-0.39, 0.29) is 12.2 Å². The summed E-state index contributed by atoms with van der Waals surface area (Å²) >= 11 is 0. The highest BCUT2D eigenvalue weighted by atomic mass is 19.3. The van der Waals surface area contributed by atoms with Gasteiger partial charge in [-0.05, 0) is 5.56 Å². The van der Waals surface area contributed by atoms with Crippen LogP contribution >= 0.6 is 0 Å². The number of halogens is 2. The van der Waals surface area contributed by atoms with Gasteiger partial charge in [0, 0.05) is 5.56 Å². The second-order valence-electron chi connectivity index (χ2n) is 5.74. The summed E-state index contributed by atoms with van der Waals surface area (Å²) in [7, 11) is 0. The Morgan fingerprint density at radius 1 is 1.30 bits per heavy atom. The number of nitrogens with zero attached hydrogens (tertiary/aromatic N) is 2.